The number of carbonyl (C=O) groups is 1. The van der Waals surface area contributed by atoms with Crippen LogP contribution >= 0.6 is 15.9 Å². The predicted molar refractivity (Wildman–Crippen MR) is 97.1 cm³/mol. The smallest absolute Gasteiger partial charge is 0.223 e. The number of rotatable bonds is 4. The van der Waals surface area contributed by atoms with Crippen LogP contribution in [0.5, 0.6) is 0 Å². The van der Waals surface area contributed by atoms with Crippen molar-refractivity contribution in [3.63, 3.8) is 0 Å². The van der Waals surface area contributed by atoms with E-state index in [0.717, 1.165) is 28.4 Å². The van der Waals surface area contributed by atoms with Gasteiger partial charge in [-0.05, 0) is 36.1 Å². The number of halogens is 1. The lowest BCUT2D eigenvalue weighted by molar-refractivity contribution is -0.126. The summed E-state index contributed by atoms with van der Waals surface area (Å²) in [7, 11) is 0. The highest BCUT2D eigenvalue weighted by molar-refractivity contribution is 9.10. The fourth-order valence-corrected chi connectivity index (χ4v) is 3.55. The number of nitrogens with one attached hydrogen (secondary N) is 1. The molecule has 120 valence electrons. The Morgan fingerprint density at radius 1 is 0.913 bits per heavy atom. The molecule has 1 aliphatic carbocycles. The van der Waals surface area contributed by atoms with Crippen LogP contribution in [0.3, 0.4) is 0 Å². The molecule has 0 spiro atoms. The summed E-state index contributed by atoms with van der Waals surface area (Å²) in [6.07, 6.45) is 5.65. The molecule has 1 atom stereocenters. The summed E-state index contributed by atoms with van der Waals surface area (Å²) in [6, 6.07) is 18.3. The summed E-state index contributed by atoms with van der Waals surface area (Å²) in [5.41, 5.74) is 2.24. The van der Waals surface area contributed by atoms with Crippen molar-refractivity contribution in [2.75, 3.05) is 0 Å². The summed E-state index contributed by atoms with van der Waals surface area (Å²) in [5.74, 6) is 0.367. The first-order valence-electron chi connectivity index (χ1n) is 8.35. The van der Waals surface area contributed by atoms with E-state index in [2.05, 4.69) is 45.5 Å². The number of amides is 1. The fraction of sp³-hybridized carbons (Fsp3) is 0.350. The van der Waals surface area contributed by atoms with E-state index >= 15 is 0 Å². The second-order valence-corrected chi connectivity index (χ2v) is 7.15. The van der Waals surface area contributed by atoms with E-state index < -0.39 is 0 Å². The lowest BCUT2D eigenvalue weighted by Gasteiger charge is -2.25. The van der Waals surface area contributed by atoms with Crippen LogP contribution in [0.2, 0.25) is 0 Å². The van der Waals surface area contributed by atoms with Gasteiger partial charge < -0.3 is 5.32 Å². The van der Waals surface area contributed by atoms with Crippen molar-refractivity contribution in [3.8, 4) is 0 Å². The molecular weight excluding hydrogens is 350 g/mol. The quantitative estimate of drug-likeness (QED) is 0.782. The van der Waals surface area contributed by atoms with E-state index in [1.54, 1.807) is 0 Å². The Bertz CT molecular complexity index is 632. The lowest BCUT2D eigenvalue weighted by Crippen LogP contribution is -2.35. The molecular formula is C20H22BrNO. The van der Waals surface area contributed by atoms with Crippen molar-refractivity contribution in [3.05, 3.63) is 70.2 Å². The first kappa shape index (κ1) is 16.3. The standard InChI is InChI=1S/C20H22BrNO/c21-18-13-11-16(12-14-18)19(15-7-3-1-4-8-15)22-20(23)17-9-5-2-6-10-17/h1,3-4,7-8,11-14,17,19H,2,5-6,9-10H2,(H,22,23)/t19-/m1/s1. The molecule has 3 heteroatoms. The summed E-state index contributed by atoms with van der Waals surface area (Å²) in [5, 5.41) is 3.28. The first-order chi connectivity index (χ1) is 11.2. The Morgan fingerprint density at radius 3 is 2.17 bits per heavy atom. The molecule has 0 aliphatic heterocycles. The van der Waals surface area contributed by atoms with Crippen LogP contribution < -0.4 is 5.32 Å². The molecule has 0 radical (unpaired) electrons. The van der Waals surface area contributed by atoms with Gasteiger partial charge in [0.2, 0.25) is 5.91 Å². The van der Waals surface area contributed by atoms with Crippen LogP contribution in [-0.2, 0) is 4.79 Å². The maximum Gasteiger partial charge on any atom is 0.223 e. The summed E-state index contributed by atoms with van der Waals surface area (Å²) < 4.78 is 1.05. The molecule has 1 fully saturated rings. The van der Waals surface area contributed by atoms with Crippen molar-refractivity contribution in [1.29, 1.82) is 0 Å². The van der Waals surface area contributed by atoms with Crippen LogP contribution in [0.1, 0.15) is 49.3 Å². The Labute approximate surface area is 146 Å². The van der Waals surface area contributed by atoms with Gasteiger partial charge >= 0.3 is 0 Å². The molecule has 0 saturated heterocycles. The van der Waals surface area contributed by atoms with Crippen molar-refractivity contribution in [1.82, 2.24) is 5.32 Å². The Morgan fingerprint density at radius 2 is 1.52 bits per heavy atom. The average molecular weight is 372 g/mol. The highest BCUT2D eigenvalue weighted by Crippen LogP contribution is 2.27. The third-order valence-electron chi connectivity index (χ3n) is 4.60. The summed E-state index contributed by atoms with van der Waals surface area (Å²) >= 11 is 3.48. The van der Waals surface area contributed by atoms with Gasteiger partial charge in [0.05, 0.1) is 6.04 Å². The molecule has 1 saturated carbocycles. The highest BCUT2D eigenvalue weighted by Gasteiger charge is 2.24. The molecule has 1 N–H and O–H groups in total. The summed E-state index contributed by atoms with van der Waals surface area (Å²) in [6.45, 7) is 0. The lowest BCUT2D eigenvalue weighted by atomic mass is 9.88. The minimum absolute atomic E-state index is 0.0845. The molecule has 0 bridgehead atoms. The minimum atomic E-state index is -0.0845. The first-order valence-corrected chi connectivity index (χ1v) is 9.14. The normalized spacial score (nSPS) is 16.7. The third kappa shape index (κ3) is 4.23. The molecule has 2 aromatic rings. The number of hydrogen-bond acceptors (Lipinski definition) is 1. The van der Waals surface area contributed by atoms with E-state index in [0.29, 0.717) is 0 Å². The zero-order valence-electron chi connectivity index (χ0n) is 13.2. The maximum absolute atomic E-state index is 12.7. The van der Waals surface area contributed by atoms with Crippen LogP contribution in [0.15, 0.2) is 59.1 Å². The van der Waals surface area contributed by atoms with Gasteiger partial charge in [-0.25, -0.2) is 0 Å². The molecule has 1 aliphatic rings. The molecule has 2 aromatic carbocycles. The van der Waals surface area contributed by atoms with E-state index in [-0.39, 0.29) is 17.9 Å². The largest absolute Gasteiger partial charge is 0.345 e. The SMILES string of the molecule is O=C(N[C@H](c1ccccc1)c1ccc(Br)cc1)C1CCCCC1. The van der Waals surface area contributed by atoms with E-state index in [4.69, 9.17) is 0 Å². The molecule has 3 rings (SSSR count). The van der Waals surface area contributed by atoms with Gasteiger partial charge in [0.1, 0.15) is 0 Å². The van der Waals surface area contributed by atoms with Gasteiger partial charge in [-0.15, -0.1) is 0 Å². The van der Waals surface area contributed by atoms with E-state index in [9.17, 15) is 4.79 Å². The van der Waals surface area contributed by atoms with E-state index in [1.807, 2.05) is 30.3 Å². The van der Waals surface area contributed by atoms with Crippen molar-refractivity contribution < 1.29 is 4.79 Å². The number of benzene rings is 2. The van der Waals surface area contributed by atoms with Crippen molar-refractivity contribution in [2.24, 2.45) is 5.92 Å². The van der Waals surface area contributed by atoms with Gasteiger partial charge in [0.15, 0.2) is 0 Å². The molecule has 0 aromatic heterocycles. The Kier molecular flexibility index (Phi) is 5.50. The summed E-state index contributed by atoms with van der Waals surface area (Å²) in [4.78, 5) is 12.7. The second-order valence-electron chi connectivity index (χ2n) is 6.24. The number of carbonyl (C=O) groups excluding carboxylic acids is 1. The third-order valence-corrected chi connectivity index (χ3v) is 5.13. The number of hydrogen-bond donors (Lipinski definition) is 1. The molecule has 0 unspecified atom stereocenters. The van der Waals surface area contributed by atoms with Gasteiger partial charge in [-0.3, -0.25) is 4.79 Å². The molecule has 23 heavy (non-hydrogen) atoms. The van der Waals surface area contributed by atoms with Crippen LogP contribution in [-0.4, -0.2) is 5.91 Å². The predicted octanol–water partition coefficient (Wildman–Crippen LogP) is 5.24. The van der Waals surface area contributed by atoms with Crippen LogP contribution in [0, 0.1) is 5.92 Å². The fourth-order valence-electron chi connectivity index (χ4n) is 3.28. The van der Waals surface area contributed by atoms with Crippen molar-refractivity contribution in [2.45, 2.75) is 38.1 Å². The minimum Gasteiger partial charge on any atom is -0.345 e. The zero-order valence-corrected chi connectivity index (χ0v) is 14.8. The van der Waals surface area contributed by atoms with Gasteiger partial charge in [-0.2, -0.15) is 0 Å². The Balaban J connectivity index is 1.83. The topological polar surface area (TPSA) is 29.1 Å². The Hall–Kier alpha value is -1.61. The van der Waals surface area contributed by atoms with Crippen LogP contribution in [0.4, 0.5) is 0 Å². The maximum atomic E-state index is 12.7. The molecule has 1 amide bonds. The van der Waals surface area contributed by atoms with Gasteiger partial charge in [0, 0.05) is 10.4 Å². The van der Waals surface area contributed by atoms with Crippen LogP contribution in [0.25, 0.3) is 0 Å². The zero-order chi connectivity index (χ0) is 16.1. The molecule has 0 heterocycles. The second kappa shape index (κ2) is 7.78. The van der Waals surface area contributed by atoms with Gasteiger partial charge in [-0.1, -0.05) is 77.7 Å². The van der Waals surface area contributed by atoms with Crippen molar-refractivity contribution >= 4 is 21.8 Å². The monoisotopic (exact) mass is 371 g/mol. The average Bonchev–Trinajstić information content (AvgIpc) is 2.62. The van der Waals surface area contributed by atoms with E-state index in [1.165, 1.54) is 19.3 Å². The van der Waals surface area contributed by atoms with Gasteiger partial charge in [0.25, 0.3) is 0 Å². The molecule has 2 nitrogen and oxygen atoms in total. The highest BCUT2D eigenvalue weighted by atomic mass is 79.9.